The van der Waals surface area contributed by atoms with Crippen LogP contribution in [0.5, 0.6) is 0 Å². The third kappa shape index (κ3) is 2.93. The van der Waals surface area contributed by atoms with Crippen LogP contribution in [-0.4, -0.2) is 15.6 Å². The number of hydrogen-bond acceptors (Lipinski definition) is 3. The van der Waals surface area contributed by atoms with Gasteiger partial charge in [0.25, 0.3) is 0 Å². The first kappa shape index (κ1) is 14.9. The van der Waals surface area contributed by atoms with Gasteiger partial charge in [-0.2, -0.15) is 0 Å². The minimum atomic E-state index is -0.302. The molecule has 2 amide bonds. The van der Waals surface area contributed by atoms with Crippen molar-refractivity contribution in [2.45, 2.75) is 13.5 Å². The molecule has 0 fully saturated rings. The van der Waals surface area contributed by atoms with Crippen LogP contribution in [0.4, 0.5) is 10.5 Å². The van der Waals surface area contributed by atoms with E-state index < -0.39 is 0 Å². The molecule has 5 nitrogen and oxygen atoms in total. The number of nitrogens with one attached hydrogen (secondary N) is 2. The number of aromatic nitrogens is 2. The fourth-order valence-corrected chi connectivity index (χ4v) is 3.06. The van der Waals surface area contributed by atoms with Crippen molar-refractivity contribution in [2.75, 3.05) is 5.32 Å². The summed E-state index contributed by atoms with van der Waals surface area (Å²) in [6, 6.07) is 7.58. The number of anilines is 1. The first-order valence-electron chi connectivity index (χ1n) is 6.74. The largest absolute Gasteiger partial charge is 0.331 e. The van der Waals surface area contributed by atoms with Crippen LogP contribution in [0.25, 0.3) is 11.0 Å². The van der Waals surface area contributed by atoms with Crippen LogP contribution in [0.3, 0.4) is 0 Å². The number of carbonyl (C=O) groups excluding carboxylic acids is 1. The molecule has 0 aliphatic carbocycles. The summed E-state index contributed by atoms with van der Waals surface area (Å²) >= 11 is 7.33. The molecule has 0 atom stereocenters. The summed E-state index contributed by atoms with van der Waals surface area (Å²) in [4.78, 5) is 16.5. The van der Waals surface area contributed by atoms with Gasteiger partial charge in [0.2, 0.25) is 0 Å². The molecule has 114 valence electrons. The zero-order chi connectivity index (χ0) is 15.7. The highest BCUT2D eigenvalue weighted by molar-refractivity contribution is 7.15. The van der Waals surface area contributed by atoms with E-state index in [1.165, 1.54) is 11.3 Å². The predicted octanol–water partition coefficient (Wildman–Crippen LogP) is 3.92. The minimum Gasteiger partial charge on any atom is -0.331 e. The van der Waals surface area contributed by atoms with E-state index >= 15 is 0 Å². The van der Waals surface area contributed by atoms with Gasteiger partial charge in [0.1, 0.15) is 10.2 Å². The Hall–Kier alpha value is -2.05. The molecule has 7 heteroatoms. The van der Waals surface area contributed by atoms with E-state index in [1.807, 2.05) is 42.1 Å². The van der Waals surface area contributed by atoms with Crippen LogP contribution in [0.15, 0.2) is 29.6 Å². The number of amides is 2. The molecule has 2 aromatic heterocycles. The molecule has 2 heterocycles. The number of hydrogen-bond donors (Lipinski definition) is 2. The van der Waals surface area contributed by atoms with E-state index in [2.05, 4.69) is 15.6 Å². The third-order valence-corrected chi connectivity index (χ3v) is 4.57. The van der Waals surface area contributed by atoms with Gasteiger partial charge in [-0.3, -0.25) is 0 Å². The van der Waals surface area contributed by atoms with Crippen LogP contribution in [0.1, 0.15) is 11.4 Å². The first-order chi connectivity index (χ1) is 10.5. The van der Waals surface area contributed by atoms with Crippen molar-refractivity contribution in [1.82, 2.24) is 14.9 Å². The number of urea groups is 1. The lowest BCUT2D eigenvalue weighted by atomic mass is 10.2. The van der Waals surface area contributed by atoms with Crippen molar-refractivity contribution in [2.24, 2.45) is 7.05 Å². The number of imidazole rings is 1. The van der Waals surface area contributed by atoms with E-state index in [0.717, 1.165) is 22.4 Å². The molecular formula is C15H15ClN4OS. The monoisotopic (exact) mass is 334 g/mol. The molecule has 0 bridgehead atoms. The van der Waals surface area contributed by atoms with Crippen LogP contribution in [-0.2, 0) is 13.6 Å². The van der Waals surface area contributed by atoms with Crippen molar-refractivity contribution >= 4 is 45.7 Å². The van der Waals surface area contributed by atoms with Crippen LogP contribution >= 0.6 is 22.9 Å². The van der Waals surface area contributed by atoms with Crippen LogP contribution in [0.2, 0.25) is 4.34 Å². The first-order valence-corrected chi connectivity index (χ1v) is 8.00. The van der Waals surface area contributed by atoms with Crippen molar-refractivity contribution < 1.29 is 4.79 Å². The molecular weight excluding hydrogens is 320 g/mol. The number of aryl methyl sites for hydroxylation is 2. The lowest BCUT2D eigenvalue weighted by Crippen LogP contribution is -2.29. The smallest absolute Gasteiger partial charge is 0.319 e. The zero-order valence-electron chi connectivity index (χ0n) is 12.2. The Morgan fingerprint density at radius 3 is 2.95 bits per heavy atom. The normalized spacial score (nSPS) is 10.9. The maximum absolute atomic E-state index is 11.9. The Balaban J connectivity index is 1.70. The summed E-state index contributed by atoms with van der Waals surface area (Å²) in [7, 11) is 1.94. The summed E-state index contributed by atoms with van der Waals surface area (Å²) in [5, 5.41) is 7.33. The van der Waals surface area contributed by atoms with Gasteiger partial charge in [-0.1, -0.05) is 17.7 Å². The lowest BCUT2D eigenvalue weighted by Gasteiger charge is -2.07. The van der Waals surface area contributed by atoms with Gasteiger partial charge in [0.05, 0.1) is 23.3 Å². The van der Waals surface area contributed by atoms with E-state index in [-0.39, 0.29) is 6.03 Å². The molecule has 3 rings (SSSR count). The van der Waals surface area contributed by atoms with Gasteiger partial charge >= 0.3 is 6.03 Å². The van der Waals surface area contributed by atoms with Gasteiger partial charge in [-0.25, -0.2) is 9.78 Å². The summed E-state index contributed by atoms with van der Waals surface area (Å²) in [6.45, 7) is 2.38. The number of benzene rings is 1. The van der Waals surface area contributed by atoms with Gasteiger partial charge in [0, 0.05) is 7.05 Å². The van der Waals surface area contributed by atoms with E-state index in [0.29, 0.717) is 16.6 Å². The Morgan fingerprint density at radius 1 is 1.41 bits per heavy atom. The molecule has 2 N–H and O–H groups in total. The van der Waals surface area contributed by atoms with Gasteiger partial charge in [-0.15, -0.1) is 11.3 Å². The highest BCUT2D eigenvalue weighted by Gasteiger charge is 2.10. The molecule has 0 saturated carbocycles. The fourth-order valence-electron chi connectivity index (χ4n) is 2.23. The highest BCUT2D eigenvalue weighted by atomic mass is 35.5. The number of fused-ring (bicyclic) bond motifs is 1. The Morgan fingerprint density at radius 2 is 2.23 bits per heavy atom. The third-order valence-electron chi connectivity index (χ3n) is 3.40. The molecule has 0 radical (unpaired) electrons. The second-order valence-electron chi connectivity index (χ2n) is 4.99. The summed E-state index contributed by atoms with van der Waals surface area (Å²) in [5.41, 5.74) is 3.75. The fraction of sp³-hybridized carbons (Fsp3) is 0.200. The van der Waals surface area contributed by atoms with E-state index in [9.17, 15) is 4.79 Å². The summed E-state index contributed by atoms with van der Waals surface area (Å²) in [6.07, 6.45) is 0. The molecule has 0 aliphatic heterocycles. The number of nitrogens with zero attached hydrogens (tertiary/aromatic N) is 2. The van der Waals surface area contributed by atoms with Crippen molar-refractivity contribution in [3.8, 4) is 0 Å². The minimum absolute atomic E-state index is 0.302. The maximum atomic E-state index is 11.9. The number of carbonyl (C=O) groups is 1. The highest BCUT2D eigenvalue weighted by Crippen LogP contribution is 2.27. The van der Waals surface area contributed by atoms with Gasteiger partial charge in [0.15, 0.2) is 0 Å². The van der Waals surface area contributed by atoms with Gasteiger partial charge in [-0.05, 0) is 36.1 Å². The molecule has 3 aromatic rings. The van der Waals surface area contributed by atoms with Crippen LogP contribution in [0, 0.1) is 6.92 Å². The van der Waals surface area contributed by atoms with Crippen molar-refractivity contribution in [3.05, 3.63) is 45.4 Å². The molecule has 0 saturated heterocycles. The molecule has 0 unspecified atom stereocenters. The SMILES string of the molecule is Cc1ccc2c(c1)nc(CNC(=O)Nc1ccsc1Cl)n2C. The average Bonchev–Trinajstić information content (AvgIpc) is 3.01. The number of halogens is 1. The zero-order valence-corrected chi connectivity index (χ0v) is 13.8. The van der Waals surface area contributed by atoms with E-state index in [4.69, 9.17) is 11.6 Å². The standard InChI is InChI=1S/C15H15ClN4OS/c1-9-3-4-12-11(7-9)18-13(20(12)2)8-17-15(21)19-10-5-6-22-14(10)16/h3-7H,8H2,1-2H3,(H2,17,19,21). The van der Waals surface area contributed by atoms with Crippen molar-refractivity contribution in [1.29, 1.82) is 0 Å². The average molecular weight is 335 g/mol. The Labute approximate surface area is 136 Å². The summed E-state index contributed by atoms with van der Waals surface area (Å²) < 4.78 is 2.54. The second kappa shape index (κ2) is 5.98. The molecule has 1 aromatic carbocycles. The van der Waals surface area contributed by atoms with Crippen molar-refractivity contribution in [3.63, 3.8) is 0 Å². The molecule has 0 aliphatic rings. The van der Waals surface area contributed by atoms with Crippen LogP contribution < -0.4 is 10.6 Å². The van der Waals surface area contributed by atoms with Gasteiger partial charge < -0.3 is 15.2 Å². The Kier molecular flexibility index (Phi) is 4.04. The summed E-state index contributed by atoms with van der Waals surface area (Å²) in [5.74, 6) is 0.798. The number of thiophene rings is 1. The lowest BCUT2D eigenvalue weighted by molar-refractivity contribution is 0.251. The number of rotatable bonds is 3. The topological polar surface area (TPSA) is 59.0 Å². The molecule has 0 spiro atoms. The maximum Gasteiger partial charge on any atom is 0.319 e. The Bertz CT molecular complexity index is 839. The second-order valence-corrected chi connectivity index (χ2v) is 6.51. The van der Waals surface area contributed by atoms with E-state index in [1.54, 1.807) is 6.07 Å². The quantitative estimate of drug-likeness (QED) is 0.762. The predicted molar refractivity (Wildman–Crippen MR) is 90.6 cm³/mol. The molecule has 22 heavy (non-hydrogen) atoms.